The van der Waals surface area contributed by atoms with Crippen LogP contribution < -0.4 is 5.32 Å². The third-order valence-corrected chi connectivity index (χ3v) is 3.27. The fraction of sp³-hybridized carbons (Fsp3) is 0.417. The first kappa shape index (κ1) is 10.3. The fourth-order valence-electron chi connectivity index (χ4n) is 1.77. The summed E-state index contributed by atoms with van der Waals surface area (Å²) in [7, 11) is 0. The zero-order valence-electron chi connectivity index (χ0n) is 8.41. The van der Waals surface area contributed by atoms with E-state index >= 15 is 0 Å². The van der Waals surface area contributed by atoms with Crippen molar-refractivity contribution in [3.05, 3.63) is 29.3 Å². The molecule has 0 bridgehead atoms. The van der Waals surface area contributed by atoms with Gasteiger partial charge in [0.1, 0.15) is 6.04 Å². The summed E-state index contributed by atoms with van der Waals surface area (Å²) >= 11 is 6.02. The molecule has 1 fully saturated rings. The third kappa shape index (κ3) is 2.24. The van der Waals surface area contributed by atoms with Gasteiger partial charge in [-0.1, -0.05) is 30.2 Å². The number of hydrogen-bond donors (Lipinski definition) is 1. The van der Waals surface area contributed by atoms with E-state index in [2.05, 4.69) is 11.4 Å². The number of para-hydroxylation sites is 1. The molecule has 0 spiro atoms. The highest BCUT2D eigenvalue weighted by atomic mass is 35.5. The van der Waals surface area contributed by atoms with E-state index in [9.17, 15) is 0 Å². The van der Waals surface area contributed by atoms with Crippen LogP contribution in [0.4, 0.5) is 5.69 Å². The van der Waals surface area contributed by atoms with Gasteiger partial charge in [-0.05, 0) is 30.9 Å². The van der Waals surface area contributed by atoms with E-state index in [4.69, 9.17) is 16.9 Å². The van der Waals surface area contributed by atoms with Crippen molar-refractivity contribution >= 4 is 17.3 Å². The Kier molecular flexibility index (Phi) is 3.13. The first-order chi connectivity index (χ1) is 7.31. The number of benzene rings is 1. The lowest BCUT2D eigenvalue weighted by Crippen LogP contribution is -2.32. The molecule has 1 saturated carbocycles. The topological polar surface area (TPSA) is 35.8 Å². The molecule has 1 aliphatic rings. The average molecular weight is 221 g/mol. The molecule has 0 radical (unpaired) electrons. The van der Waals surface area contributed by atoms with Crippen LogP contribution in [0.3, 0.4) is 0 Å². The quantitative estimate of drug-likeness (QED) is 0.847. The minimum absolute atomic E-state index is 0.0985. The van der Waals surface area contributed by atoms with E-state index < -0.39 is 0 Å². The smallest absolute Gasteiger partial charge is 0.117 e. The van der Waals surface area contributed by atoms with Crippen molar-refractivity contribution in [2.24, 2.45) is 5.92 Å². The monoisotopic (exact) mass is 220 g/mol. The molecule has 0 heterocycles. The van der Waals surface area contributed by atoms with Gasteiger partial charge in [0.05, 0.1) is 16.8 Å². The number of hydrogen-bond acceptors (Lipinski definition) is 2. The Bertz CT molecular complexity index is 379. The molecule has 0 aromatic heterocycles. The van der Waals surface area contributed by atoms with Gasteiger partial charge in [-0.15, -0.1) is 0 Å². The van der Waals surface area contributed by atoms with Gasteiger partial charge in [0.15, 0.2) is 0 Å². The lowest BCUT2D eigenvalue weighted by atomic mass is 9.80. The minimum atomic E-state index is -0.0985. The van der Waals surface area contributed by atoms with Crippen molar-refractivity contribution in [1.29, 1.82) is 5.26 Å². The molecule has 2 rings (SSSR count). The van der Waals surface area contributed by atoms with Crippen LogP contribution in [0.15, 0.2) is 24.3 Å². The molecule has 3 heteroatoms. The molecule has 1 aromatic rings. The molecule has 1 aromatic carbocycles. The summed E-state index contributed by atoms with van der Waals surface area (Å²) in [5, 5.41) is 12.9. The van der Waals surface area contributed by atoms with Crippen molar-refractivity contribution in [2.75, 3.05) is 5.32 Å². The Morgan fingerprint density at radius 2 is 2.13 bits per heavy atom. The number of nitrogens with one attached hydrogen (secondary N) is 1. The zero-order chi connectivity index (χ0) is 10.7. The van der Waals surface area contributed by atoms with Gasteiger partial charge >= 0.3 is 0 Å². The second-order valence-corrected chi connectivity index (χ2v) is 4.33. The highest BCUT2D eigenvalue weighted by Crippen LogP contribution is 2.32. The maximum atomic E-state index is 9.06. The first-order valence-corrected chi connectivity index (χ1v) is 5.60. The lowest BCUT2D eigenvalue weighted by Gasteiger charge is -2.30. The van der Waals surface area contributed by atoms with Gasteiger partial charge in [-0.2, -0.15) is 5.26 Å². The first-order valence-electron chi connectivity index (χ1n) is 5.22. The van der Waals surface area contributed by atoms with Crippen LogP contribution >= 0.6 is 11.6 Å². The van der Waals surface area contributed by atoms with E-state index in [-0.39, 0.29) is 6.04 Å². The molecule has 0 saturated heterocycles. The Balaban J connectivity index is 2.06. The maximum absolute atomic E-state index is 9.06. The van der Waals surface area contributed by atoms with Gasteiger partial charge in [-0.25, -0.2) is 0 Å². The van der Waals surface area contributed by atoms with Crippen molar-refractivity contribution < 1.29 is 0 Å². The van der Waals surface area contributed by atoms with E-state index in [1.54, 1.807) is 0 Å². The number of rotatable bonds is 3. The van der Waals surface area contributed by atoms with Crippen LogP contribution in [-0.2, 0) is 0 Å². The highest BCUT2D eigenvalue weighted by Gasteiger charge is 2.27. The summed E-state index contributed by atoms with van der Waals surface area (Å²) in [5.74, 6) is 0.492. The number of nitriles is 1. The second kappa shape index (κ2) is 4.55. The summed E-state index contributed by atoms with van der Waals surface area (Å²) in [6.07, 6.45) is 3.54. The van der Waals surface area contributed by atoms with Gasteiger partial charge in [-0.3, -0.25) is 0 Å². The molecular weight excluding hydrogens is 208 g/mol. The second-order valence-electron chi connectivity index (χ2n) is 3.92. The Morgan fingerprint density at radius 3 is 2.67 bits per heavy atom. The van der Waals surface area contributed by atoms with E-state index in [1.807, 2.05) is 24.3 Å². The Hall–Kier alpha value is -1.20. The van der Waals surface area contributed by atoms with Gasteiger partial charge < -0.3 is 5.32 Å². The molecular formula is C12H13ClN2. The van der Waals surface area contributed by atoms with Gasteiger partial charge in [0.2, 0.25) is 0 Å². The van der Waals surface area contributed by atoms with Crippen LogP contribution in [0.1, 0.15) is 19.3 Å². The van der Waals surface area contributed by atoms with Crippen LogP contribution in [0.2, 0.25) is 5.02 Å². The Labute approximate surface area is 94.9 Å². The molecule has 1 N–H and O–H groups in total. The van der Waals surface area contributed by atoms with Crippen LogP contribution in [-0.4, -0.2) is 6.04 Å². The summed E-state index contributed by atoms with van der Waals surface area (Å²) in [4.78, 5) is 0. The number of halogens is 1. The predicted octanol–water partition coefficient (Wildman–Crippen LogP) is 3.44. The van der Waals surface area contributed by atoms with Gasteiger partial charge in [0.25, 0.3) is 0 Å². The van der Waals surface area contributed by atoms with Crippen LogP contribution in [0, 0.1) is 17.2 Å². The average Bonchev–Trinajstić information content (AvgIpc) is 2.17. The molecule has 1 aliphatic carbocycles. The molecule has 0 amide bonds. The standard InChI is InChI=1S/C12H13ClN2/c13-10-6-1-2-7-11(10)15-12(8-14)9-4-3-5-9/h1-2,6-7,9,12,15H,3-5H2. The van der Waals surface area contributed by atoms with Crippen molar-refractivity contribution in [3.63, 3.8) is 0 Å². The predicted molar refractivity (Wildman–Crippen MR) is 61.8 cm³/mol. The Morgan fingerprint density at radius 1 is 1.40 bits per heavy atom. The molecule has 1 atom stereocenters. The van der Waals surface area contributed by atoms with Crippen molar-refractivity contribution in [3.8, 4) is 6.07 Å². The summed E-state index contributed by atoms with van der Waals surface area (Å²) in [6.45, 7) is 0. The third-order valence-electron chi connectivity index (χ3n) is 2.95. The maximum Gasteiger partial charge on any atom is 0.117 e. The summed E-state index contributed by atoms with van der Waals surface area (Å²) < 4.78 is 0. The molecule has 0 aliphatic heterocycles. The fourth-order valence-corrected chi connectivity index (χ4v) is 1.96. The molecule has 2 nitrogen and oxygen atoms in total. The number of nitrogens with zero attached hydrogens (tertiary/aromatic N) is 1. The minimum Gasteiger partial charge on any atom is -0.368 e. The van der Waals surface area contributed by atoms with Crippen LogP contribution in [0.5, 0.6) is 0 Å². The summed E-state index contributed by atoms with van der Waals surface area (Å²) in [6, 6.07) is 9.76. The zero-order valence-corrected chi connectivity index (χ0v) is 9.17. The van der Waals surface area contributed by atoms with Crippen molar-refractivity contribution in [1.82, 2.24) is 0 Å². The SMILES string of the molecule is N#CC(Nc1ccccc1Cl)C1CCC1. The summed E-state index contributed by atoms with van der Waals surface area (Å²) in [5.41, 5.74) is 0.859. The highest BCUT2D eigenvalue weighted by molar-refractivity contribution is 6.33. The van der Waals surface area contributed by atoms with E-state index in [1.165, 1.54) is 6.42 Å². The van der Waals surface area contributed by atoms with E-state index in [0.717, 1.165) is 18.5 Å². The normalized spacial score (nSPS) is 17.6. The van der Waals surface area contributed by atoms with Crippen LogP contribution in [0.25, 0.3) is 0 Å². The van der Waals surface area contributed by atoms with E-state index in [0.29, 0.717) is 10.9 Å². The number of anilines is 1. The lowest BCUT2D eigenvalue weighted by molar-refractivity contribution is 0.303. The molecule has 1 unspecified atom stereocenters. The largest absolute Gasteiger partial charge is 0.368 e. The van der Waals surface area contributed by atoms with Gasteiger partial charge in [0, 0.05) is 0 Å². The van der Waals surface area contributed by atoms with Crippen molar-refractivity contribution in [2.45, 2.75) is 25.3 Å². The molecule has 78 valence electrons. The molecule has 15 heavy (non-hydrogen) atoms.